The predicted molar refractivity (Wildman–Crippen MR) is 115 cm³/mol. The van der Waals surface area contributed by atoms with Crippen LogP contribution in [0.1, 0.15) is 34.8 Å². The molecule has 8 nitrogen and oxygen atoms in total. The third-order valence-electron chi connectivity index (χ3n) is 6.35. The number of nitrogen functional groups attached to an aromatic ring is 1. The first-order valence-electron chi connectivity index (χ1n) is 10.8. The number of anilines is 1. The summed E-state index contributed by atoms with van der Waals surface area (Å²) in [6.07, 6.45) is -1.10. The number of hydrogen-bond donors (Lipinski definition) is 1. The van der Waals surface area contributed by atoms with Gasteiger partial charge in [-0.1, -0.05) is 0 Å². The number of likely N-dealkylation sites (tertiary alicyclic amines) is 1. The molecule has 0 spiro atoms. The molecule has 6 rings (SSSR count). The molecule has 2 atom stereocenters. The van der Waals surface area contributed by atoms with Crippen LogP contribution in [0, 0.1) is 5.82 Å². The number of carbonyl (C=O) groups is 1. The molecule has 2 aliphatic heterocycles. The first-order valence-corrected chi connectivity index (χ1v) is 10.8. The van der Waals surface area contributed by atoms with E-state index >= 15 is 4.39 Å². The lowest BCUT2D eigenvalue weighted by Crippen LogP contribution is -2.44. The maximum absolute atomic E-state index is 15.1. The van der Waals surface area contributed by atoms with Gasteiger partial charge >= 0.3 is 6.36 Å². The topological polar surface area (TPSA) is 95.0 Å². The number of piperidine rings is 1. The van der Waals surface area contributed by atoms with Crippen molar-refractivity contribution in [2.24, 2.45) is 0 Å². The quantitative estimate of drug-likeness (QED) is 0.425. The molecule has 2 aromatic heterocycles. The van der Waals surface area contributed by atoms with Crippen molar-refractivity contribution in [1.82, 2.24) is 19.3 Å². The van der Waals surface area contributed by atoms with Crippen molar-refractivity contribution in [1.29, 1.82) is 0 Å². The van der Waals surface area contributed by atoms with Gasteiger partial charge < -0.3 is 20.1 Å². The molecule has 12 heteroatoms. The van der Waals surface area contributed by atoms with Crippen LogP contribution in [-0.4, -0.2) is 44.2 Å². The number of alkyl halides is 3. The highest BCUT2D eigenvalue weighted by molar-refractivity contribution is 5.99. The van der Waals surface area contributed by atoms with Crippen molar-refractivity contribution < 1.29 is 31.8 Å². The fourth-order valence-corrected chi connectivity index (χ4v) is 4.92. The number of ether oxygens (including phenoxy) is 2. The van der Waals surface area contributed by atoms with Crippen molar-refractivity contribution in [3.63, 3.8) is 0 Å². The molecule has 2 aliphatic rings. The van der Waals surface area contributed by atoms with Crippen LogP contribution in [0.3, 0.4) is 0 Å². The fraction of sp³-hybridized carbons (Fsp3) is 0.261. The Morgan fingerprint density at radius 3 is 2.83 bits per heavy atom. The number of aromatic nitrogens is 3. The highest BCUT2D eigenvalue weighted by Gasteiger charge is 2.44. The molecule has 0 bridgehead atoms. The maximum Gasteiger partial charge on any atom is 0.573 e. The van der Waals surface area contributed by atoms with Crippen molar-refractivity contribution in [3.8, 4) is 11.5 Å². The highest BCUT2D eigenvalue weighted by atomic mass is 19.4. The Hall–Kier alpha value is -4.09. The normalized spacial score (nSPS) is 19.5. The van der Waals surface area contributed by atoms with Gasteiger partial charge in [0.2, 0.25) is 0 Å². The number of nitrogens with two attached hydrogens (primary N) is 1. The van der Waals surface area contributed by atoms with E-state index in [0.717, 1.165) is 12.1 Å². The van der Waals surface area contributed by atoms with Crippen molar-refractivity contribution in [2.75, 3.05) is 12.3 Å². The van der Waals surface area contributed by atoms with Crippen LogP contribution in [0.5, 0.6) is 11.5 Å². The van der Waals surface area contributed by atoms with Crippen molar-refractivity contribution >= 4 is 28.3 Å². The van der Waals surface area contributed by atoms with E-state index in [2.05, 4.69) is 14.7 Å². The Kier molecular flexibility index (Phi) is 4.57. The van der Waals surface area contributed by atoms with E-state index in [9.17, 15) is 18.0 Å². The van der Waals surface area contributed by atoms with Gasteiger partial charge in [-0.25, -0.2) is 14.4 Å². The predicted octanol–water partition coefficient (Wildman–Crippen LogP) is 4.24. The average molecular weight is 487 g/mol. The monoisotopic (exact) mass is 487 g/mol. The molecule has 0 saturated carbocycles. The molecular formula is C23H17F4N5O3. The van der Waals surface area contributed by atoms with Gasteiger partial charge in [0.15, 0.2) is 0 Å². The smallest absolute Gasteiger partial charge is 0.487 e. The molecule has 0 unspecified atom stereocenters. The number of halogens is 4. The van der Waals surface area contributed by atoms with Crippen LogP contribution >= 0.6 is 0 Å². The second-order valence-electron chi connectivity index (χ2n) is 8.46. The van der Waals surface area contributed by atoms with Crippen LogP contribution in [0.15, 0.2) is 42.9 Å². The summed E-state index contributed by atoms with van der Waals surface area (Å²) in [5, 5.41) is 0. The number of imidazole rings is 1. The highest BCUT2D eigenvalue weighted by Crippen LogP contribution is 2.46. The molecule has 2 aromatic carbocycles. The molecule has 0 radical (unpaired) electrons. The summed E-state index contributed by atoms with van der Waals surface area (Å²) in [5.74, 6) is -1.34. The Morgan fingerprint density at radius 2 is 2.03 bits per heavy atom. The lowest BCUT2D eigenvalue weighted by Gasteiger charge is -2.36. The summed E-state index contributed by atoms with van der Waals surface area (Å²) >= 11 is 0. The fourth-order valence-electron chi connectivity index (χ4n) is 4.92. The molecule has 4 aromatic rings. The Morgan fingerprint density at radius 1 is 1.20 bits per heavy atom. The molecule has 35 heavy (non-hydrogen) atoms. The molecule has 1 fully saturated rings. The zero-order valence-electron chi connectivity index (χ0n) is 17.9. The van der Waals surface area contributed by atoms with Gasteiger partial charge in [-0.15, -0.1) is 13.2 Å². The van der Waals surface area contributed by atoms with E-state index in [-0.39, 0.29) is 22.6 Å². The van der Waals surface area contributed by atoms with Crippen LogP contribution in [0.2, 0.25) is 0 Å². The van der Waals surface area contributed by atoms with Gasteiger partial charge in [0.05, 0.1) is 35.2 Å². The summed E-state index contributed by atoms with van der Waals surface area (Å²) in [4.78, 5) is 23.4. The van der Waals surface area contributed by atoms with Crippen molar-refractivity contribution in [2.45, 2.75) is 31.3 Å². The summed E-state index contributed by atoms with van der Waals surface area (Å²) in [5.41, 5.74) is 7.56. The zero-order chi connectivity index (χ0) is 24.5. The Labute approximate surface area is 194 Å². The maximum atomic E-state index is 15.1. The van der Waals surface area contributed by atoms with Gasteiger partial charge in [0.1, 0.15) is 34.8 Å². The number of rotatable bonds is 2. The van der Waals surface area contributed by atoms with E-state index in [1.54, 1.807) is 4.40 Å². The first-order chi connectivity index (χ1) is 16.7. The van der Waals surface area contributed by atoms with Crippen LogP contribution in [0.4, 0.5) is 23.4 Å². The molecule has 1 saturated heterocycles. The zero-order valence-corrected chi connectivity index (χ0v) is 17.9. The molecular weight excluding hydrogens is 470 g/mol. The SMILES string of the molecule is Nc1nc2cc(F)c(C(=O)N3CCC[C@@H]4Oc5cc(OC(F)(F)F)ccc5[C@@H]43)cc2n2cncc12. The second kappa shape index (κ2) is 7.45. The molecule has 4 heterocycles. The van der Waals surface area contributed by atoms with Crippen molar-refractivity contribution in [3.05, 3.63) is 59.8 Å². The third-order valence-corrected chi connectivity index (χ3v) is 6.35. The minimum absolute atomic E-state index is 0.162. The minimum atomic E-state index is -4.84. The lowest BCUT2D eigenvalue weighted by molar-refractivity contribution is -0.274. The number of benzene rings is 2. The number of fused-ring (bicyclic) bond motifs is 6. The molecule has 1 amide bonds. The Bertz CT molecular complexity index is 1500. The van der Waals surface area contributed by atoms with E-state index in [1.807, 2.05) is 0 Å². The summed E-state index contributed by atoms with van der Waals surface area (Å²) in [6, 6.07) is 5.78. The van der Waals surface area contributed by atoms with Gasteiger partial charge in [0, 0.05) is 24.2 Å². The molecule has 180 valence electrons. The van der Waals surface area contributed by atoms with E-state index in [1.165, 1.54) is 35.6 Å². The number of hydrogen-bond acceptors (Lipinski definition) is 6. The van der Waals surface area contributed by atoms with Crippen LogP contribution in [0.25, 0.3) is 16.6 Å². The summed E-state index contributed by atoms with van der Waals surface area (Å²) in [7, 11) is 0. The molecule has 2 N–H and O–H groups in total. The number of carbonyl (C=O) groups excluding carboxylic acids is 1. The number of nitrogens with zero attached hydrogens (tertiary/aromatic N) is 4. The minimum Gasteiger partial charge on any atom is -0.487 e. The van der Waals surface area contributed by atoms with Gasteiger partial charge in [-0.2, -0.15) is 0 Å². The van der Waals surface area contributed by atoms with Gasteiger partial charge in [-0.3, -0.25) is 9.20 Å². The van der Waals surface area contributed by atoms with E-state index < -0.39 is 36.0 Å². The Balaban J connectivity index is 1.39. The average Bonchev–Trinajstić information content (AvgIpc) is 3.42. The summed E-state index contributed by atoms with van der Waals surface area (Å²) in [6.45, 7) is 0.335. The lowest BCUT2D eigenvalue weighted by atomic mass is 9.93. The molecule has 0 aliphatic carbocycles. The summed E-state index contributed by atoms with van der Waals surface area (Å²) < 4.78 is 64.5. The largest absolute Gasteiger partial charge is 0.573 e. The van der Waals surface area contributed by atoms with Crippen LogP contribution < -0.4 is 15.2 Å². The standard InChI is InChI=1S/C23H17F4N5O3/c24-14-8-15-16(32-10-29-9-17(32)21(28)30-15)7-13(14)22(33)31-5-1-2-18-20(31)12-4-3-11(6-19(12)34-18)35-23(25,26)27/h3-4,6-10,18,20H,1-2,5H2,(H2,28,30)/t18-,20-/m0/s1. The number of amides is 1. The van der Waals surface area contributed by atoms with E-state index in [0.29, 0.717) is 36.0 Å². The second-order valence-corrected chi connectivity index (χ2v) is 8.46. The van der Waals surface area contributed by atoms with Crippen LogP contribution in [-0.2, 0) is 0 Å². The third kappa shape index (κ3) is 3.47. The van der Waals surface area contributed by atoms with Gasteiger partial charge in [0.25, 0.3) is 5.91 Å². The first kappa shape index (κ1) is 21.4. The van der Waals surface area contributed by atoms with Gasteiger partial charge in [-0.05, 0) is 31.0 Å². The van der Waals surface area contributed by atoms with E-state index in [4.69, 9.17) is 10.5 Å².